The summed E-state index contributed by atoms with van der Waals surface area (Å²) in [5.74, 6) is 0.646. The van der Waals surface area contributed by atoms with Crippen LogP contribution in [-0.2, 0) is 0 Å². The van der Waals surface area contributed by atoms with E-state index in [9.17, 15) is 0 Å². The molecule has 1 heterocycles. The number of piperidine rings is 1. The molecule has 1 aliphatic heterocycles. The molecule has 3 unspecified atom stereocenters. The van der Waals surface area contributed by atoms with Crippen LogP contribution in [-0.4, -0.2) is 29.1 Å². The fourth-order valence-electron chi connectivity index (χ4n) is 3.76. The average Bonchev–Trinajstić information content (AvgIpc) is 2.27. The Bertz CT molecular complexity index is 233. The molecule has 0 bridgehead atoms. The molecule has 1 aliphatic carbocycles. The Labute approximate surface area is 101 Å². The fourth-order valence-corrected chi connectivity index (χ4v) is 3.76. The van der Waals surface area contributed by atoms with Crippen molar-refractivity contribution in [3.8, 4) is 0 Å². The van der Waals surface area contributed by atoms with Crippen LogP contribution < -0.4 is 5.73 Å². The molecule has 1 saturated heterocycles. The van der Waals surface area contributed by atoms with E-state index in [1.807, 2.05) is 0 Å². The van der Waals surface area contributed by atoms with E-state index in [2.05, 4.69) is 25.7 Å². The molecule has 0 aromatic carbocycles. The summed E-state index contributed by atoms with van der Waals surface area (Å²) in [6, 6.07) is 1.07. The summed E-state index contributed by atoms with van der Waals surface area (Å²) in [5, 5.41) is 0. The SMILES string of the molecule is CC1C(N)CCN(C2(C)CCCCC2)C1C. The van der Waals surface area contributed by atoms with Crippen LogP contribution in [0, 0.1) is 5.92 Å². The molecule has 1 saturated carbocycles. The summed E-state index contributed by atoms with van der Waals surface area (Å²) < 4.78 is 0. The van der Waals surface area contributed by atoms with Crippen LogP contribution >= 0.6 is 0 Å². The summed E-state index contributed by atoms with van der Waals surface area (Å²) in [5.41, 5.74) is 6.64. The summed E-state index contributed by atoms with van der Waals surface area (Å²) in [7, 11) is 0. The van der Waals surface area contributed by atoms with Crippen molar-refractivity contribution in [3.63, 3.8) is 0 Å². The van der Waals surface area contributed by atoms with Gasteiger partial charge in [0.25, 0.3) is 0 Å². The topological polar surface area (TPSA) is 29.3 Å². The van der Waals surface area contributed by atoms with Crippen LogP contribution in [0.3, 0.4) is 0 Å². The smallest absolute Gasteiger partial charge is 0.0184 e. The molecule has 2 N–H and O–H groups in total. The molecule has 0 spiro atoms. The average molecular weight is 224 g/mol. The lowest BCUT2D eigenvalue weighted by molar-refractivity contribution is -0.0179. The predicted molar refractivity (Wildman–Crippen MR) is 69.4 cm³/mol. The first-order valence-electron chi connectivity index (χ1n) is 7.07. The minimum Gasteiger partial charge on any atom is -0.327 e. The van der Waals surface area contributed by atoms with E-state index in [1.165, 1.54) is 45.1 Å². The number of nitrogens with two attached hydrogens (primary N) is 1. The maximum atomic E-state index is 6.18. The van der Waals surface area contributed by atoms with Crippen molar-refractivity contribution in [2.45, 2.75) is 76.9 Å². The molecule has 16 heavy (non-hydrogen) atoms. The van der Waals surface area contributed by atoms with E-state index in [-0.39, 0.29) is 0 Å². The Morgan fingerprint density at radius 1 is 1.12 bits per heavy atom. The molecule has 0 radical (unpaired) electrons. The van der Waals surface area contributed by atoms with Crippen LogP contribution in [0.4, 0.5) is 0 Å². The summed E-state index contributed by atoms with van der Waals surface area (Å²) in [6.45, 7) is 8.40. The van der Waals surface area contributed by atoms with Gasteiger partial charge in [0, 0.05) is 24.2 Å². The molecule has 94 valence electrons. The van der Waals surface area contributed by atoms with Gasteiger partial charge in [0.05, 0.1) is 0 Å². The van der Waals surface area contributed by atoms with Crippen LogP contribution in [0.1, 0.15) is 59.3 Å². The number of rotatable bonds is 1. The first kappa shape index (κ1) is 12.4. The second kappa shape index (κ2) is 4.66. The molecule has 0 aromatic rings. The van der Waals surface area contributed by atoms with Crippen LogP contribution in [0.25, 0.3) is 0 Å². The van der Waals surface area contributed by atoms with Gasteiger partial charge in [0.2, 0.25) is 0 Å². The fraction of sp³-hybridized carbons (Fsp3) is 1.00. The summed E-state index contributed by atoms with van der Waals surface area (Å²) in [4.78, 5) is 2.76. The lowest BCUT2D eigenvalue weighted by atomic mass is 9.77. The molecule has 3 atom stereocenters. The van der Waals surface area contributed by atoms with E-state index < -0.39 is 0 Å². The van der Waals surface area contributed by atoms with Crippen molar-refractivity contribution in [3.05, 3.63) is 0 Å². The highest BCUT2D eigenvalue weighted by Crippen LogP contribution is 2.38. The van der Waals surface area contributed by atoms with Gasteiger partial charge < -0.3 is 5.73 Å². The Morgan fingerprint density at radius 3 is 2.38 bits per heavy atom. The summed E-state index contributed by atoms with van der Waals surface area (Å²) >= 11 is 0. The molecule has 2 fully saturated rings. The van der Waals surface area contributed by atoms with Crippen molar-refractivity contribution >= 4 is 0 Å². The first-order valence-corrected chi connectivity index (χ1v) is 7.07. The molecule has 0 amide bonds. The number of hydrogen-bond donors (Lipinski definition) is 1. The van der Waals surface area contributed by atoms with Crippen LogP contribution in [0.5, 0.6) is 0 Å². The maximum absolute atomic E-state index is 6.18. The van der Waals surface area contributed by atoms with Crippen molar-refractivity contribution in [1.29, 1.82) is 0 Å². The van der Waals surface area contributed by atoms with Gasteiger partial charge in [0.1, 0.15) is 0 Å². The van der Waals surface area contributed by atoms with Crippen molar-refractivity contribution in [1.82, 2.24) is 4.90 Å². The Balaban J connectivity index is 2.08. The Kier molecular flexibility index (Phi) is 3.60. The lowest BCUT2D eigenvalue weighted by Crippen LogP contribution is -2.60. The molecule has 2 heteroatoms. The third-order valence-corrected chi connectivity index (χ3v) is 5.26. The van der Waals surface area contributed by atoms with Gasteiger partial charge in [-0.25, -0.2) is 0 Å². The molecule has 2 nitrogen and oxygen atoms in total. The number of nitrogens with zero attached hydrogens (tertiary/aromatic N) is 1. The number of likely N-dealkylation sites (tertiary alicyclic amines) is 1. The Hall–Kier alpha value is -0.0800. The zero-order valence-electron chi connectivity index (χ0n) is 11.2. The normalized spacial score (nSPS) is 40.9. The highest BCUT2D eigenvalue weighted by Gasteiger charge is 2.41. The second-order valence-electron chi connectivity index (χ2n) is 6.30. The van der Waals surface area contributed by atoms with E-state index in [0.29, 0.717) is 23.5 Å². The zero-order chi connectivity index (χ0) is 11.8. The van der Waals surface area contributed by atoms with Gasteiger partial charge in [-0.2, -0.15) is 0 Å². The van der Waals surface area contributed by atoms with E-state index in [0.717, 1.165) is 0 Å². The zero-order valence-corrected chi connectivity index (χ0v) is 11.2. The minimum absolute atomic E-state index is 0.415. The van der Waals surface area contributed by atoms with Crippen LogP contribution in [0.15, 0.2) is 0 Å². The van der Waals surface area contributed by atoms with E-state index in [4.69, 9.17) is 5.73 Å². The molecular weight excluding hydrogens is 196 g/mol. The first-order chi connectivity index (χ1) is 7.54. The lowest BCUT2D eigenvalue weighted by Gasteiger charge is -2.52. The summed E-state index contributed by atoms with van der Waals surface area (Å²) in [6.07, 6.45) is 8.23. The molecule has 2 rings (SSSR count). The van der Waals surface area contributed by atoms with Gasteiger partial charge in [-0.15, -0.1) is 0 Å². The van der Waals surface area contributed by atoms with Gasteiger partial charge in [-0.3, -0.25) is 4.90 Å². The van der Waals surface area contributed by atoms with Crippen molar-refractivity contribution in [2.75, 3.05) is 6.54 Å². The molecule has 2 aliphatic rings. The Morgan fingerprint density at radius 2 is 1.75 bits per heavy atom. The van der Waals surface area contributed by atoms with Crippen LogP contribution in [0.2, 0.25) is 0 Å². The van der Waals surface area contributed by atoms with Gasteiger partial charge in [0.15, 0.2) is 0 Å². The molecule has 0 aromatic heterocycles. The van der Waals surface area contributed by atoms with Gasteiger partial charge in [-0.1, -0.05) is 26.2 Å². The van der Waals surface area contributed by atoms with E-state index >= 15 is 0 Å². The van der Waals surface area contributed by atoms with Gasteiger partial charge >= 0.3 is 0 Å². The second-order valence-corrected chi connectivity index (χ2v) is 6.30. The largest absolute Gasteiger partial charge is 0.327 e. The predicted octanol–water partition coefficient (Wildman–Crippen LogP) is 2.77. The third kappa shape index (κ3) is 2.14. The highest BCUT2D eigenvalue weighted by molar-refractivity contribution is 4.97. The van der Waals surface area contributed by atoms with Crippen molar-refractivity contribution in [2.24, 2.45) is 11.7 Å². The number of hydrogen-bond acceptors (Lipinski definition) is 2. The third-order valence-electron chi connectivity index (χ3n) is 5.26. The van der Waals surface area contributed by atoms with Crippen molar-refractivity contribution < 1.29 is 0 Å². The molecular formula is C14H28N2. The quantitative estimate of drug-likeness (QED) is 0.742. The van der Waals surface area contributed by atoms with Gasteiger partial charge in [-0.05, 0) is 39.0 Å². The monoisotopic (exact) mass is 224 g/mol. The standard InChI is InChI=1S/C14H28N2/c1-11-12(2)16(10-7-13(11)15)14(3)8-5-4-6-9-14/h11-13H,4-10,15H2,1-3H3. The minimum atomic E-state index is 0.415. The maximum Gasteiger partial charge on any atom is 0.0184 e. The van der Waals surface area contributed by atoms with E-state index in [1.54, 1.807) is 0 Å². The highest BCUT2D eigenvalue weighted by atomic mass is 15.2.